The molecule has 1 aliphatic rings. The van der Waals surface area contributed by atoms with E-state index in [1.807, 2.05) is 0 Å². The first kappa shape index (κ1) is 18.5. The van der Waals surface area contributed by atoms with E-state index in [1.165, 1.54) is 42.2 Å². The zero-order valence-corrected chi connectivity index (χ0v) is 15.1. The molecule has 0 atom stereocenters. The fourth-order valence-corrected chi connectivity index (χ4v) is 2.89. The van der Waals surface area contributed by atoms with Gasteiger partial charge in [-0.2, -0.15) is 0 Å². The molecule has 1 heterocycles. The first-order chi connectivity index (χ1) is 13.0. The number of para-hydroxylation sites is 1. The zero-order valence-electron chi connectivity index (χ0n) is 15.1. The second-order valence-electron chi connectivity index (χ2n) is 5.92. The number of rotatable bonds is 6. The van der Waals surface area contributed by atoms with Gasteiger partial charge in [0, 0.05) is 19.2 Å². The number of ether oxygens (including phenoxy) is 2. The molecule has 0 unspecified atom stereocenters. The summed E-state index contributed by atoms with van der Waals surface area (Å²) in [6.07, 6.45) is 0. The number of hydrogen-bond donors (Lipinski definition) is 1. The second kappa shape index (κ2) is 7.94. The Labute approximate surface area is 156 Å². The molecule has 0 aliphatic carbocycles. The lowest BCUT2D eigenvalue weighted by Crippen LogP contribution is -2.37. The number of methoxy groups -OCH3 is 2. The number of hydrogen-bond acceptors (Lipinski definition) is 4. The van der Waals surface area contributed by atoms with Gasteiger partial charge < -0.3 is 19.7 Å². The summed E-state index contributed by atoms with van der Waals surface area (Å²) in [4.78, 5) is 27.9. The van der Waals surface area contributed by atoms with Gasteiger partial charge in [-0.05, 0) is 24.3 Å². The fraction of sp³-hybridized carbons (Fsp3) is 0.263. The average molecular weight is 373 g/mol. The summed E-state index contributed by atoms with van der Waals surface area (Å²) >= 11 is 0. The smallest absolute Gasteiger partial charge is 0.325 e. The standard InChI is InChI=1S/C19H20FN3O4/c1-26-13-7-8-17(27-2)16(11-13)23-10-9-22(19(23)25)12-18(24)21-15-6-4-3-5-14(15)20/h3-8,11H,9-10,12H2,1-2H3,(H,21,24). The number of amides is 3. The molecule has 27 heavy (non-hydrogen) atoms. The van der Waals surface area contributed by atoms with Crippen LogP contribution in [0.2, 0.25) is 0 Å². The molecule has 142 valence electrons. The topological polar surface area (TPSA) is 71.1 Å². The molecular formula is C19H20FN3O4. The number of carbonyl (C=O) groups excluding carboxylic acids is 2. The minimum Gasteiger partial charge on any atom is -0.497 e. The zero-order chi connectivity index (χ0) is 19.4. The van der Waals surface area contributed by atoms with Crippen LogP contribution in [0.15, 0.2) is 42.5 Å². The molecule has 1 saturated heterocycles. The van der Waals surface area contributed by atoms with E-state index in [0.29, 0.717) is 30.3 Å². The van der Waals surface area contributed by atoms with Crippen molar-refractivity contribution < 1.29 is 23.5 Å². The van der Waals surface area contributed by atoms with Crippen molar-refractivity contribution in [3.8, 4) is 11.5 Å². The molecule has 0 saturated carbocycles. The summed E-state index contributed by atoms with van der Waals surface area (Å²) in [6.45, 7) is 0.592. The van der Waals surface area contributed by atoms with Crippen molar-refractivity contribution in [1.29, 1.82) is 0 Å². The van der Waals surface area contributed by atoms with Gasteiger partial charge in [0.15, 0.2) is 0 Å². The summed E-state index contributed by atoms with van der Waals surface area (Å²) in [5, 5.41) is 2.48. The third-order valence-corrected chi connectivity index (χ3v) is 4.25. The lowest BCUT2D eigenvalue weighted by molar-refractivity contribution is -0.116. The van der Waals surface area contributed by atoms with E-state index in [0.717, 1.165) is 0 Å². The highest BCUT2D eigenvalue weighted by molar-refractivity contribution is 6.00. The lowest BCUT2D eigenvalue weighted by atomic mass is 10.2. The predicted octanol–water partition coefficient (Wildman–Crippen LogP) is 2.72. The fourth-order valence-electron chi connectivity index (χ4n) is 2.89. The van der Waals surface area contributed by atoms with E-state index in [1.54, 1.807) is 24.3 Å². The van der Waals surface area contributed by atoms with Crippen LogP contribution in [0.5, 0.6) is 11.5 Å². The Morgan fingerprint density at radius 3 is 2.63 bits per heavy atom. The molecule has 0 spiro atoms. The van der Waals surface area contributed by atoms with Gasteiger partial charge in [-0.1, -0.05) is 12.1 Å². The molecule has 1 aliphatic heterocycles. The Morgan fingerprint density at radius 1 is 1.15 bits per heavy atom. The number of halogens is 1. The third-order valence-electron chi connectivity index (χ3n) is 4.25. The minimum atomic E-state index is -0.527. The largest absolute Gasteiger partial charge is 0.497 e. The molecule has 3 rings (SSSR count). The van der Waals surface area contributed by atoms with Gasteiger partial charge in [0.1, 0.15) is 23.9 Å². The summed E-state index contributed by atoms with van der Waals surface area (Å²) in [5.74, 6) is 0.130. The SMILES string of the molecule is COc1ccc(OC)c(N2CCN(CC(=O)Nc3ccccc3F)C2=O)c1. The number of urea groups is 1. The van der Waals surface area contributed by atoms with Crippen LogP contribution in [0.25, 0.3) is 0 Å². The first-order valence-electron chi connectivity index (χ1n) is 8.36. The number of carbonyl (C=O) groups is 2. The molecule has 0 aromatic heterocycles. The summed E-state index contributed by atoms with van der Waals surface area (Å²) in [7, 11) is 3.06. The molecule has 1 fully saturated rings. The molecular weight excluding hydrogens is 353 g/mol. The van der Waals surface area contributed by atoms with Gasteiger partial charge >= 0.3 is 6.03 Å². The third kappa shape index (κ3) is 3.94. The van der Waals surface area contributed by atoms with Crippen LogP contribution in [0.3, 0.4) is 0 Å². The van der Waals surface area contributed by atoms with Crippen molar-refractivity contribution in [1.82, 2.24) is 4.90 Å². The van der Waals surface area contributed by atoms with Gasteiger partial charge in [0.05, 0.1) is 25.6 Å². The van der Waals surface area contributed by atoms with Crippen molar-refractivity contribution in [2.45, 2.75) is 0 Å². The van der Waals surface area contributed by atoms with E-state index in [4.69, 9.17) is 9.47 Å². The molecule has 0 radical (unpaired) electrons. The van der Waals surface area contributed by atoms with Crippen molar-refractivity contribution >= 4 is 23.3 Å². The Kier molecular flexibility index (Phi) is 5.44. The average Bonchev–Trinajstić information content (AvgIpc) is 3.03. The summed E-state index contributed by atoms with van der Waals surface area (Å²) in [5.41, 5.74) is 0.652. The van der Waals surface area contributed by atoms with E-state index in [2.05, 4.69) is 5.32 Å². The van der Waals surface area contributed by atoms with E-state index < -0.39 is 11.7 Å². The van der Waals surface area contributed by atoms with Crippen LogP contribution >= 0.6 is 0 Å². The molecule has 2 aromatic rings. The van der Waals surface area contributed by atoms with Gasteiger partial charge in [0.25, 0.3) is 0 Å². The molecule has 0 bridgehead atoms. The van der Waals surface area contributed by atoms with Crippen LogP contribution in [0.4, 0.5) is 20.6 Å². The Morgan fingerprint density at radius 2 is 1.93 bits per heavy atom. The van der Waals surface area contributed by atoms with E-state index in [9.17, 15) is 14.0 Å². The molecule has 1 N–H and O–H groups in total. The van der Waals surface area contributed by atoms with Crippen LogP contribution < -0.4 is 19.7 Å². The van der Waals surface area contributed by atoms with Crippen molar-refractivity contribution in [3.63, 3.8) is 0 Å². The molecule has 3 amide bonds. The quantitative estimate of drug-likeness (QED) is 0.845. The molecule has 7 nitrogen and oxygen atoms in total. The summed E-state index contributed by atoms with van der Waals surface area (Å²) in [6, 6.07) is 10.7. The molecule has 8 heteroatoms. The van der Waals surface area contributed by atoms with Crippen molar-refractivity contribution in [2.75, 3.05) is 44.1 Å². The van der Waals surface area contributed by atoms with Crippen LogP contribution in [0.1, 0.15) is 0 Å². The Hall–Kier alpha value is -3.29. The second-order valence-corrected chi connectivity index (χ2v) is 5.92. The highest BCUT2D eigenvalue weighted by Crippen LogP contribution is 2.34. The van der Waals surface area contributed by atoms with Crippen LogP contribution in [-0.4, -0.2) is 50.7 Å². The first-order valence-corrected chi connectivity index (χ1v) is 8.36. The maximum absolute atomic E-state index is 13.6. The maximum Gasteiger partial charge on any atom is 0.325 e. The number of nitrogens with one attached hydrogen (secondary N) is 1. The monoisotopic (exact) mass is 373 g/mol. The maximum atomic E-state index is 13.6. The Bertz CT molecular complexity index is 859. The number of benzene rings is 2. The summed E-state index contributed by atoms with van der Waals surface area (Å²) < 4.78 is 24.2. The van der Waals surface area contributed by atoms with Gasteiger partial charge in [0.2, 0.25) is 5.91 Å². The van der Waals surface area contributed by atoms with Crippen molar-refractivity contribution in [2.24, 2.45) is 0 Å². The highest BCUT2D eigenvalue weighted by Gasteiger charge is 2.32. The highest BCUT2D eigenvalue weighted by atomic mass is 19.1. The van der Waals surface area contributed by atoms with E-state index in [-0.39, 0.29) is 18.3 Å². The lowest BCUT2D eigenvalue weighted by Gasteiger charge is -2.21. The molecule has 2 aromatic carbocycles. The number of anilines is 2. The number of nitrogens with zero attached hydrogens (tertiary/aromatic N) is 2. The van der Waals surface area contributed by atoms with Gasteiger partial charge in [-0.15, -0.1) is 0 Å². The van der Waals surface area contributed by atoms with Gasteiger partial charge in [-0.25, -0.2) is 9.18 Å². The van der Waals surface area contributed by atoms with Crippen molar-refractivity contribution in [3.05, 3.63) is 48.3 Å². The van der Waals surface area contributed by atoms with Gasteiger partial charge in [-0.3, -0.25) is 9.69 Å². The Balaban J connectivity index is 1.70. The normalized spacial score (nSPS) is 13.7. The minimum absolute atomic E-state index is 0.0838. The predicted molar refractivity (Wildman–Crippen MR) is 98.9 cm³/mol. The van der Waals surface area contributed by atoms with E-state index >= 15 is 0 Å². The van der Waals surface area contributed by atoms with Crippen LogP contribution in [0, 0.1) is 5.82 Å². The van der Waals surface area contributed by atoms with Crippen LogP contribution in [-0.2, 0) is 4.79 Å².